The average Bonchev–Trinajstić information content (AvgIpc) is 3.18. The second-order valence-electron chi connectivity index (χ2n) is 30.0. The van der Waals surface area contributed by atoms with E-state index in [1.807, 2.05) is 31.8 Å². The molecular formula is C60H117IO10Si4. The summed E-state index contributed by atoms with van der Waals surface area (Å²) in [5.41, 5.74) is 0. The molecular weight excluding hydrogens is 1120 g/mol. The van der Waals surface area contributed by atoms with E-state index in [2.05, 4.69) is 209 Å². The van der Waals surface area contributed by atoms with Crippen LogP contribution >= 0.6 is 22.6 Å². The van der Waals surface area contributed by atoms with Crippen LogP contribution in [0.3, 0.4) is 0 Å². The molecule has 2 aliphatic heterocycles. The molecule has 2 aliphatic rings. The topological polar surface area (TPSA) is 111 Å². The van der Waals surface area contributed by atoms with Crippen LogP contribution in [0.25, 0.3) is 0 Å². The van der Waals surface area contributed by atoms with Gasteiger partial charge in [-0.15, -0.1) is 0 Å². The molecule has 0 amide bonds. The van der Waals surface area contributed by atoms with Crippen LogP contribution in [0.5, 0.6) is 0 Å². The highest BCUT2D eigenvalue weighted by molar-refractivity contribution is 14.1. The minimum Gasteiger partial charge on any atom is -0.414 e. The van der Waals surface area contributed by atoms with E-state index in [-0.39, 0.29) is 93.0 Å². The summed E-state index contributed by atoms with van der Waals surface area (Å²) in [4.78, 5) is 15.0. The van der Waals surface area contributed by atoms with Crippen molar-refractivity contribution in [3.63, 3.8) is 0 Å². The summed E-state index contributed by atoms with van der Waals surface area (Å²) in [5, 5.41) is 10.9. The first-order valence-corrected chi connectivity index (χ1v) is 41.7. The van der Waals surface area contributed by atoms with E-state index in [0.717, 1.165) is 12.8 Å². The molecule has 10 atom stereocenters. The number of rotatable bonds is 27. The zero-order valence-corrected chi connectivity index (χ0v) is 59.3. The standard InChI is InChI=1S/C60H117IO10Si4/c1-43(2)54(63)44(3)53-42-50(66-60(18,19)67-53)41-49-38-46(64-59(16,17)65-49)33-31-34-48(69-73(22,23)56(7,8)9)40-52(71-75(26,27)58(13,14)15)37-45(62)36-51(70-74(24,25)57(10,11)12)39-47(32-29-28-30-35-61)68-72(20,21)55(4,5)6/h28-31,34-35,43-44,46-54,63H,32-33,36-42H2,1-27H3/b29-28+,34-31+,35-30+/t44-,46+,47+,48-,49+,50-,51+,52-,53-,54-/m0/s1. The molecule has 2 heterocycles. The molecule has 0 aliphatic carbocycles. The van der Waals surface area contributed by atoms with Crippen molar-refractivity contribution in [3.05, 3.63) is 34.5 Å². The van der Waals surface area contributed by atoms with E-state index in [0.29, 0.717) is 38.5 Å². The highest BCUT2D eigenvalue weighted by Gasteiger charge is 2.47. The molecule has 0 aromatic rings. The average molecular weight is 1240 g/mol. The Bertz CT molecular complexity index is 1830. The van der Waals surface area contributed by atoms with Gasteiger partial charge in [-0.2, -0.15) is 0 Å². The van der Waals surface area contributed by atoms with Gasteiger partial charge in [0, 0.05) is 44.4 Å². The van der Waals surface area contributed by atoms with Crippen molar-refractivity contribution in [2.45, 2.75) is 328 Å². The number of aliphatic hydroxyl groups excluding tert-OH is 1. The fourth-order valence-corrected chi connectivity index (χ4v) is 14.8. The number of carbonyl (C=O) groups excluding carboxylic acids is 1. The molecule has 0 unspecified atom stereocenters. The van der Waals surface area contributed by atoms with Crippen LogP contribution in [-0.2, 0) is 41.4 Å². The summed E-state index contributed by atoms with van der Waals surface area (Å²) in [6.07, 6.45) is 14.3. The summed E-state index contributed by atoms with van der Waals surface area (Å²) in [7, 11) is -9.14. The van der Waals surface area contributed by atoms with Crippen molar-refractivity contribution in [2.24, 2.45) is 11.8 Å². The Hall–Kier alpha value is 0.128. The van der Waals surface area contributed by atoms with Gasteiger partial charge in [-0.25, -0.2) is 0 Å². The molecule has 10 nitrogen and oxygen atoms in total. The highest BCUT2D eigenvalue weighted by atomic mass is 127. The van der Waals surface area contributed by atoms with Crippen molar-refractivity contribution in [1.82, 2.24) is 0 Å². The molecule has 0 radical (unpaired) electrons. The third-order valence-electron chi connectivity index (χ3n) is 17.6. The molecule has 0 spiro atoms. The normalized spacial score (nSPS) is 24.5. The minimum absolute atomic E-state index is 0.0311. The molecule has 0 saturated carbocycles. The van der Waals surface area contributed by atoms with Crippen molar-refractivity contribution in [3.8, 4) is 0 Å². The summed E-state index contributed by atoms with van der Waals surface area (Å²) in [5.74, 6) is -1.30. The Morgan fingerprint density at radius 1 is 0.600 bits per heavy atom. The van der Waals surface area contributed by atoms with Gasteiger partial charge in [-0.1, -0.05) is 157 Å². The lowest BCUT2D eigenvalue weighted by Crippen LogP contribution is -2.51. The zero-order valence-electron chi connectivity index (χ0n) is 53.2. The SMILES string of the molecule is CC(C)[C@H](O)[C@@H](C)[C@@H]1C[C@H](C[C@H]2C[C@@H](C/C=C/[C@@H](C[C@H](CC(=O)C[C@H](C[C@@H](C/C=C/C=C/I)O[Si](C)(C)C(C)(C)C)O[Si](C)(C)C(C)(C)C)O[Si](C)(C)C(C)(C)C)O[Si](C)(C)C(C)(C)C)OC(C)(C)O2)OC(C)(C)O1. The predicted molar refractivity (Wildman–Crippen MR) is 334 cm³/mol. The van der Waals surface area contributed by atoms with Crippen LogP contribution < -0.4 is 0 Å². The molecule has 75 heavy (non-hydrogen) atoms. The number of Topliss-reactive ketones (excluding diaryl/α,β-unsaturated/α-hetero) is 1. The maximum absolute atomic E-state index is 15.0. The molecule has 2 fully saturated rings. The first-order valence-electron chi connectivity index (χ1n) is 28.8. The summed E-state index contributed by atoms with van der Waals surface area (Å²) in [6.45, 7) is 59.9. The molecule has 2 rings (SSSR count). The maximum atomic E-state index is 15.0. The number of halogens is 1. The first kappa shape index (κ1) is 71.2. The number of hydrogen-bond acceptors (Lipinski definition) is 10. The number of ketones is 1. The van der Waals surface area contributed by atoms with E-state index in [1.54, 1.807) is 0 Å². The van der Waals surface area contributed by atoms with Crippen molar-refractivity contribution in [1.29, 1.82) is 0 Å². The maximum Gasteiger partial charge on any atom is 0.192 e. The zero-order chi connectivity index (χ0) is 58.2. The van der Waals surface area contributed by atoms with Crippen LogP contribution in [0.15, 0.2) is 34.5 Å². The van der Waals surface area contributed by atoms with E-state index < -0.39 is 50.9 Å². The van der Waals surface area contributed by atoms with Gasteiger partial charge in [0.1, 0.15) is 5.78 Å². The van der Waals surface area contributed by atoms with E-state index >= 15 is 0 Å². The van der Waals surface area contributed by atoms with Crippen LogP contribution in [0, 0.1) is 11.8 Å². The smallest absolute Gasteiger partial charge is 0.192 e. The van der Waals surface area contributed by atoms with E-state index in [4.69, 9.17) is 36.7 Å². The van der Waals surface area contributed by atoms with Crippen LogP contribution in [0.1, 0.15) is 189 Å². The third kappa shape index (κ3) is 23.5. The Labute approximate surface area is 479 Å². The van der Waals surface area contributed by atoms with Gasteiger partial charge in [0.2, 0.25) is 0 Å². The van der Waals surface area contributed by atoms with Crippen LogP contribution in [-0.4, -0.2) is 111 Å². The van der Waals surface area contributed by atoms with Gasteiger partial charge in [0.15, 0.2) is 44.8 Å². The second kappa shape index (κ2) is 27.9. The fourth-order valence-electron chi connectivity index (χ4n) is 9.16. The monoisotopic (exact) mass is 1240 g/mol. The molecule has 440 valence electrons. The number of aliphatic hydroxyl groups is 1. The number of hydrogen-bond donors (Lipinski definition) is 1. The molecule has 0 aromatic carbocycles. The number of carbonyl (C=O) groups is 1. The van der Waals surface area contributed by atoms with Gasteiger partial charge < -0.3 is 41.8 Å². The Morgan fingerprint density at radius 2 is 1.01 bits per heavy atom. The van der Waals surface area contributed by atoms with E-state index in [1.165, 1.54) is 0 Å². The lowest BCUT2D eigenvalue weighted by Gasteiger charge is -2.46. The van der Waals surface area contributed by atoms with Gasteiger partial charge >= 0.3 is 0 Å². The van der Waals surface area contributed by atoms with Crippen LogP contribution in [0.4, 0.5) is 0 Å². The molecule has 1 N–H and O–H groups in total. The van der Waals surface area contributed by atoms with Crippen molar-refractivity contribution in [2.75, 3.05) is 0 Å². The third-order valence-corrected chi connectivity index (χ3v) is 36.1. The summed E-state index contributed by atoms with van der Waals surface area (Å²) in [6, 6.07) is 0. The Kier molecular flexibility index (Phi) is 26.5. The Morgan fingerprint density at radius 3 is 1.47 bits per heavy atom. The molecule has 0 aromatic heterocycles. The summed E-state index contributed by atoms with van der Waals surface area (Å²) < 4.78 is 57.3. The first-order chi connectivity index (χ1) is 33.6. The quantitative estimate of drug-likeness (QED) is 0.0369. The van der Waals surface area contributed by atoms with Gasteiger partial charge in [0.05, 0.1) is 54.9 Å². The van der Waals surface area contributed by atoms with Crippen molar-refractivity contribution >= 4 is 61.6 Å². The van der Waals surface area contributed by atoms with Gasteiger partial charge in [-0.05, 0) is 129 Å². The molecule has 2 saturated heterocycles. The van der Waals surface area contributed by atoms with Gasteiger partial charge in [0.25, 0.3) is 0 Å². The highest BCUT2D eigenvalue weighted by Crippen LogP contribution is 2.44. The van der Waals surface area contributed by atoms with Crippen molar-refractivity contribution < 1.29 is 46.6 Å². The number of allylic oxidation sites excluding steroid dienone is 2. The molecule has 0 bridgehead atoms. The van der Waals surface area contributed by atoms with Crippen LogP contribution in [0.2, 0.25) is 72.5 Å². The minimum atomic E-state index is -2.36. The van der Waals surface area contributed by atoms with Gasteiger partial charge in [-0.3, -0.25) is 4.79 Å². The number of ether oxygens (including phenoxy) is 4. The second-order valence-corrected chi connectivity index (χ2v) is 49.7. The lowest BCUT2D eigenvalue weighted by molar-refractivity contribution is -0.330. The lowest BCUT2D eigenvalue weighted by atomic mass is 9.86. The summed E-state index contributed by atoms with van der Waals surface area (Å²) >= 11 is 2.25. The predicted octanol–water partition coefficient (Wildman–Crippen LogP) is 17.4. The molecule has 15 heteroatoms. The Balaban J connectivity index is 2.57. The fraction of sp³-hybridized carbons (Fsp3) is 0.883. The van der Waals surface area contributed by atoms with E-state index in [9.17, 15) is 9.90 Å². The largest absolute Gasteiger partial charge is 0.414 e.